The smallest absolute Gasteiger partial charge is 0.406 e. The van der Waals surface area contributed by atoms with Crippen molar-refractivity contribution >= 4 is 46.2 Å². The molecule has 2 aromatic heterocycles. The molecule has 0 unspecified atom stereocenters. The first-order valence-corrected chi connectivity index (χ1v) is 26.9. The normalized spacial score (nSPS) is 23.0. The molecule has 80 heavy (non-hydrogen) atoms. The number of amides is 4. The van der Waals surface area contributed by atoms with E-state index in [9.17, 15) is 34.2 Å². The van der Waals surface area contributed by atoms with Crippen molar-refractivity contribution in [1.29, 1.82) is 0 Å². The van der Waals surface area contributed by atoms with Crippen molar-refractivity contribution in [3.05, 3.63) is 83.7 Å². The molecular weight excluding hydrogens is 1050 g/mol. The zero-order valence-corrected chi connectivity index (χ0v) is 46.5. The lowest BCUT2D eigenvalue weighted by atomic mass is 9.84. The summed E-state index contributed by atoms with van der Waals surface area (Å²) in [5.41, 5.74) is -0.768. The molecule has 434 valence electrons. The minimum atomic E-state index is -4.75. The number of benzene rings is 2. The average Bonchev–Trinajstić information content (AvgIpc) is 4.05. The van der Waals surface area contributed by atoms with Gasteiger partial charge >= 0.3 is 12.1 Å². The van der Waals surface area contributed by atoms with Crippen LogP contribution in [0.3, 0.4) is 0 Å². The highest BCUT2D eigenvalue weighted by Gasteiger charge is 2.49. The summed E-state index contributed by atoms with van der Waals surface area (Å²) >= 11 is 0. The number of cyclic esters (lactones) is 1. The van der Waals surface area contributed by atoms with Crippen molar-refractivity contribution in [2.45, 2.75) is 115 Å². The lowest BCUT2D eigenvalue weighted by Crippen LogP contribution is -2.67. The minimum absolute atomic E-state index is 0.0228. The molecule has 2 aromatic carbocycles. The van der Waals surface area contributed by atoms with Gasteiger partial charge in [0.2, 0.25) is 17.5 Å². The number of nitrogens with one attached hydrogen (secondary N) is 2. The van der Waals surface area contributed by atoms with Gasteiger partial charge in [0.15, 0.2) is 5.60 Å². The fourth-order valence-corrected chi connectivity index (χ4v) is 11.5. The van der Waals surface area contributed by atoms with Crippen LogP contribution in [0.5, 0.6) is 0 Å². The third-order valence-electron chi connectivity index (χ3n) is 15.8. The average molecular weight is 1120 g/mol. The third-order valence-corrected chi connectivity index (χ3v) is 15.8. The van der Waals surface area contributed by atoms with Crippen molar-refractivity contribution in [2.24, 2.45) is 11.3 Å². The minimum Gasteiger partial charge on any atom is -0.462 e. The van der Waals surface area contributed by atoms with Crippen LogP contribution in [0.15, 0.2) is 61.3 Å². The summed E-state index contributed by atoms with van der Waals surface area (Å²) in [7, 11) is 4.77. The predicted octanol–water partition coefficient (Wildman–Crippen LogP) is 5.93. The molecule has 18 nitrogen and oxygen atoms in total. The van der Waals surface area contributed by atoms with Crippen LogP contribution in [-0.4, -0.2) is 172 Å². The van der Waals surface area contributed by atoms with Gasteiger partial charge in [-0.15, -0.1) is 0 Å². The molecule has 3 saturated heterocycles. The number of pyridine rings is 1. The Bertz CT molecular complexity index is 3030. The van der Waals surface area contributed by atoms with Gasteiger partial charge < -0.3 is 49.2 Å². The number of hydrogen-bond acceptors (Lipinski definition) is 13. The highest BCUT2D eigenvalue weighted by atomic mass is 19.4. The number of β-amino-alcohol motifs (C(OH)–C–C–N with tert-alkyl or cyclic N) is 1. The molecule has 4 N–H and O–H groups in total. The van der Waals surface area contributed by atoms with Gasteiger partial charge in [0, 0.05) is 100 Å². The fourth-order valence-electron chi connectivity index (χ4n) is 11.5. The van der Waals surface area contributed by atoms with E-state index >= 15 is 22.0 Å². The number of esters is 1. The van der Waals surface area contributed by atoms with Crippen LogP contribution in [-0.2, 0) is 52.8 Å². The molecule has 4 aromatic rings. The number of ether oxygens (including phenoxy) is 2. The molecular formula is C57H72F5N9O9. The van der Waals surface area contributed by atoms with Crippen LogP contribution >= 0.6 is 0 Å². The number of likely N-dealkylation sites (N-methyl/N-ethyl adjacent to an activating group) is 2. The fraction of sp³-hybridized carbons (Fsp3) is 0.544. The number of fused-ring (bicyclic) bond motifs is 6. The van der Waals surface area contributed by atoms with E-state index in [1.165, 1.54) is 47.9 Å². The van der Waals surface area contributed by atoms with Crippen molar-refractivity contribution in [2.75, 3.05) is 78.5 Å². The van der Waals surface area contributed by atoms with Crippen molar-refractivity contribution in [3.63, 3.8) is 0 Å². The number of methoxy groups -OCH3 is 1. The monoisotopic (exact) mass is 1120 g/mol. The van der Waals surface area contributed by atoms with E-state index in [1.807, 2.05) is 13.1 Å². The van der Waals surface area contributed by atoms with Gasteiger partial charge in [0.05, 0.1) is 42.5 Å². The molecule has 6 bridgehead atoms. The Kier molecular flexibility index (Phi) is 17.2. The lowest BCUT2D eigenvalue weighted by Gasteiger charge is -2.40. The zero-order valence-electron chi connectivity index (χ0n) is 46.5. The van der Waals surface area contributed by atoms with Crippen LogP contribution in [0.2, 0.25) is 0 Å². The molecule has 0 saturated carbocycles. The number of aromatic nitrogens is 2. The Hall–Kier alpha value is -6.53. The van der Waals surface area contributed by atoms with Crippen LogP contribution < -0.4 is 15.6 Å². The topological polar surface area (TPSA) is 202 Å². The maximum Gasteiger partial charge on any atom is 0.406 e. The van der Waals surface area contributed by atoms with Crippen molar-refractivity contribution in [1.82, 2.24) is 40.0 Å². The van der Waals surface area contributed by atoms with Gasteiger partial charge in [-0.2, -0.15) is 18.6 Å². The number of aliphatic hydroxyl groups is 2. The first kappa shape index (κ1) is 59.6. The molecule has 4 amide bonds. The molecule has 8 rings (SSSR count). The molecule has 6 heterocycles. The number of halogens is 5. The molecule has 3 fully saturated rings. The zero-order chi connectivity index (χ0) is 58.4. The van der Waals surface area contributed by atoms with Crippen LogP contribution in [0.4, 0.5) is 27.6 Å². The van der Waals surface area contributed by atoms with Crippen LogP contribution in [0.25, 0.3) is 33.3 Å². The van der Waals surface area contributed by atoms with Crippen LogP contribution in [0, 0.1) is 11.3 Å². The summed E-state index contributed by atoms with van der Waals surface area (Å²) in [4.78, 5) is 81.7. The van der Waals surface area contributed by atoms with Crippen molar-refractivity contribution < 1.29 is 65.6 Å². The number of nitrogens with zero attached hydrogens (tertiary/aromatic N) is 7. The summed E-state index contributed by atoms with van der Waals surface area (Å²) in [5.74, 6) is -4.96. The summed E-state index contributed by atoms with van der Waals surface area (Å²) in [6.07, 6.45) is -6.60. The number of likely N-dealkylation sites (tertiary alicyclic amines) is 1. The van der Waals surface area contributed by atoms with E-state index in [0.717, 1.165) is 29.1 Å². The van der Waals surface area contributed by atoms with Gasteiger partial charge in [0.25, 0.3) is 18.2 Å². The Morgan fingerprint density at radius 2 is 1.71 bits per heavy atom. The second kappa shape index (κ2) is 23.1. The van der Waals surface area contributed by atoms with E-state index in [4.69, 9.17) is 14.5 Å². The van der Waals surface area contributed by atoms with E-state index in [-0.39, 0.29) is 74.3 Å². The maximum absolute atomic E-state index is 15.2. The summed E-state index contributed by atoms with van der Waals surface area (Å²) < 4.78 is 88.7. The van der Waals surface area contributed by atoms with E-state index in [1.54, 1.807) is 52.9 Å². The molecule has 0 aliphatic carbocycles. The highest BCUT2D eigenvalue weighted by molar-refractivity contribution is 5.97. The molecule has 0 spiro atoms. The molecule has 0 radical (unpaired) electrons. The van der Waals surface area contributed by atoms with Crippen molar-refractivity contribution in [3.8, 4) is 22.4 Å². The molecule has 4 aliphatic rings. The number of alkyl halides is 5. The highest BCUT2D eigenvalue weighted by Crippen LogP contribution is 2.45. The van der Waals surface area contributed by atoms with Gasteiger partial charge in [-0.05, 0) is 85.3 Å². The second-order valence-electron chi connectivity index (χ2n) is 22.9. The van der Waals surface area contributed by atoms with Gasteiger partial charge in [0.1, 0.15) is 18.6 Å². The number of anilines is 1. The first-order valence-electron chi connectivity index (χ1n) is 26.9. The third kappa shape index (κ3) is 12.5. The molecule has 23 heteroatoms. The summed E-state index contributed by atoms with van der Waals surface area (Å²) in [5, 5.41) is 27.6. The van der Waals surface area contributed by atoms with Gasteiger partial charge in [-0.3, -0.25) is 29.2 Å². The SMILES string of the molecule is C=CC(=O)N1CC[C@](O)(C(=O)N(C)[C@H](C(=O)N[C@H]2Cc3cc(cc(C(F)F)c3)-c3ccc4c(c3)c(c(-c3cc(N5CCN(C)CC5)cnc3[C@H](C)OC)n4CC(F)(F)F)CC(C)(C)COC(=O)[C@@]3(O)CCCN(N3)C2=O)C(C)C)C1. The number of carbonyl (C=O) groups is 5. The Balaban J connectivity index is 1.30. The lowest BCUT2D eigenvalue weighted by molar-refractivity contribution is -0.189. The predicted molar refractivity (Wildman–Crippen MR) is 288 cm³/mol. The number of hydrazine groups is 1. The maximum atomic E-state index is 15.2. The largest absolute Gasteiger partial charge is 0.462 e. The van der Waals surface area contributed by atoms with Gasteiger partial charge in [-0.25, -0.2) is 13.6 Å². The van der Waals surface area contributed by atoms with Crippen LogP contribution in [0.1, 0.15) is 88.8 Å². The number of hydrogen-bond donors (Lipinski definition) is 4. The second-order valence-corrected chi connectivity index (χ2v) is 22.9. The summed E-state index contributed by atoms with van der Waals surface area (Å²) in [6, 6.07) is 7.48. The Labute approximate surface area is 461 Å². The van der Waals surface area contributed by atoms with E-state index in [2.05, 4.69) is 27.1 Å². The van der Waals surface area contributed by atoms with Gasteiger partial charge in [-0.1, -0.05) is 52.5 Å². The Morgan fingerprint density at radius 1 is 1.00 bits per heavy atom. The van der Waals surface area contributed by atoms with E-state index in [0.29, 0.717) is 46.5 Å². The number of piperazine rings is 1. The quantitative estimate of drug-likeness (QED) is 0.0740. The summed E-state index contributed by atoms with van der Waals surface area (Å²) in [6.45, 7) is 12.4. The Morgan fingerprint density at radius 3 is 2.36 bits per heavy atom. The number of carbonyl (C=O) groups excluding carboxylic acids is 5. The molecule has 5 atom stereocenters. The molecule has 4 aliphatic heterocycles. The standard InChI is InChI=1S/C57H72F5N9O9/c1-10-45(72)69-17-15-55(77,30-69)52(75)67(8)47(33(2)3)50(73)64-43-24-35-22-37(25-38(23-35)49(58)59)36-12-13-44-40(26-36)42(28-54(5,6)32-80-53(76)56(78)14-11-16-71(65-56)51(43)74)48(70(44)31-57(60,61)62)41-27-39(29-63-46(41)34(4)79-9)68-20-18-66(7)19-21-68/h10,12-13,22-23,25-27,29,33-34,43,47,49,65,77-78H,1,11,14-21,24,28,30-32H2,2-9H3,(H,64,73)/t34-,43-,47-,55+,56-/m0/s1. The van der Waals surface area contributed by atoms with E-state index < -0.39 is 102 Å². The number of rotatable bonds is 12. The first-order chi connectivity index (χ1) is 37.6.